The van der Waals surface area contributed by atoms with Crippen LogP contribution in [0.15, 0.2) is 18.7 Å². The van der Waals surface area contributed by atoms with Gasteiger partial charge in [-0.3, -0.25) is 4.68 Å². The maximum atomic E-state index is 12.1. The van der Waals surface area contributed by atoms with Crippen LogP contribution >= 0.6 is 0 Å². The molecule has 4 heterocycles. The van der Waals surface area contributed by atoms with Crippen molar-refractivity contribution in [2.75, 3.05) is 18.8 Å². The Labute approximate surface area is 155 Å². The zero-order chi connectivity index (χ0) is 18.8. The molecule has 0 spiro atoms. The third-order valence-corrected chi connectivity index (χ3v) is 7.31. The summed E-state index contributed by atoms with van der Waals surface area (Å²) in [5.74, 6) is 0.0550. The molecule has 27 heavy (non-hydrogen) atoms. The molecule has 9 nitrogen and oxygen atoms in total. The van der Waals surface area contributed by atoms with Gasteiger partial charge in [-0.1, -0.05) is 0 Å². The van der Waals surface area contributed by atoms with Crippen molar-refractivity contribution in [3.63, 3.8) is 0 Å². The number of nitriles is 1. The lowest BCUT2D eigenvalue weighted by atomic mass is 9.89. The molecule has 138 valence electrons. The second-order valence-electron chi connectivity index (χ2n) is 7.11. The lowest BCUT2D eigenvalue weighted by Gasteiger charge is -2.47. The minimum Gasteiger partial charge on any atom is -0.346 e. The van der Waals surface area contributed by atoms with Gasteiger partial charge < -0.3 is 4.98 Å². The number of H-pyrrole nitrogens is 1. The van der Waals surface area contributed by atoms with Crippen LogP contribution in [0.4, 0.5) is 0 Å². The molecule has 2 aliphatic rings. The minimum atomic E-state index is -3.27. The highest BCUT2D eigenvalue weighted by Crippen LogP contribution is 2.40. The first-order valence-electron chi connectivity index (χ1n) is 8.72. The summed E-state index contributed by atoms with van der Waals surface area (Å²) in [5, 5.41) is 15.1. The van der Waals surface area contributed by atoms with E-state index in [1.165, 1.54) is 10.6 Å². The molecule has 3 aromatic rings. The fraction of sp³-hybridized carbons (Fsp3) is 0.412. The van der Waals surface area contributed by atoms with E-state index in [1.54, 1.807) is 11.6 Å². The van der Waals surface area contributed by atoms with Gasteiger partial charge in [-0.05, 0) is 12.5 Å². The van der Waals surface area contributed by atoms with Crippen LogP contribution in [0.1, 0.15) is 24.5 Å². The zero-order valence-electron chi connectivity index (χ0n) is 14.7. The van der Waals surface area contributed by atoms with Crippen LogP contribution in [0.5, 0.6) is 0 Å². The van der Waals surface area contributed by atoms with E-state index >= 15 is 0 Å². The molecule has 5 rings (SSSR count). The number of nitrogens with zero attached hydrogens (tertiary/aromatic N) is 6. The van der Waals surface area contributed by atoms with Crippen LogP contribution in [0.3, 0.4) is 0 Å². The molecule has 0 radical (unpaired) electrons. The molecule has 0 amide bonds. The third-order valence-electron chi connectivity index (χ3n) is 5.54. The Kier molecular flexibility index (Phi) is 3.26. The van der Waals surface area contributed by atoms with Crippen molar-refractivity contribution in [3.05, 3.63) is 29.8 Å². The van der Waals surface area contributed by atoms with Crippen molar-refractivity contribution in [2.24, 2.45) is 0 Å². The normalized spacial score (nSPS) is 18.1. The molecule has 0 unspecified atom stereocenters. The van der Waals surface area contributed by atoms with Crippen LogP contribution in [-0.4, -0.2) is 56.3 Å². The third kappa shape index (κ3) is 2.18. The highest BCUT2D eigenvalue weighted by atomic mass is 32.2. The number of nitrogens with one attached hydrogen (secondary N) is 1. The molecule has 10 heteroatoms. The van der Waals surface area contributed by atoms with Gasteiger partial charge in [-0.25, -0.2) is 18.4 Å². The Morgan fingerprint density at radius 2 is 2.11 bits per heavy atom. The van der Waals surface area contributed by atoms with E-state index in [0.29, 0.717) is 6.42 Å². The van der Waals surface area contributed by atoms with E-state index in [-0.39, 0.29) is 25.3 Å². The van der Waals surface area contributed by atoms with Gasteiger partial charge in [0, 0.05) is 37.5 Å². The predicted octanol–water partition coefficient (Wildman–Crippen LogP) is 1.000. The Balaban J connectivity index is 1.57. The minimum absolute atomic E-state index is 0.0550. The van der Waals surface area contributed by atoms with Crippen molar-refractivity contribution in [1.29, 1.82) is 5.26 Å². The number of rotatable bonds is 4. The van der Waals surface area contributed by atoms with Crippen LogP contribution in [-0.2, 0) is 22.0 Å². The van der Waals surface area contributed by atoms with Gasteiger partial charge in [0.1, 0.15) is 28.9 Å². The summed E-state index contributed by atoms with van der Waals surface area (Å²) in [6, 6.07) is 2.20. The lowest BCUT2D eigenvalue weighted by Crippen LogP contribution is -2.64. The molecule has 0 atom stereocenters. The van der Waals surface area contributed by atoms with E-state index in [0.717, 1.165) is 33.5 Å². The van der Waals surface area contributed by atoms with Gasteiger partial charge in [0.25, 0.3) is 0 Å². The second kappa shape index (κ2) is 5.37. The van der Waals surface area contributed by atoms with Crippen LogP contribution < -0.4 is 0 Å². The molecule has 0 aromatic carbocycles. The smallest absolute Gasteiger partial charge is 0.213 e. The number of hydrogen-bond acceptors (Lipinski definition) is 6. The zero-order valence-corrected chi connectivity index (χ0v) is 15.5. The van der Waals surface area contributed by atoms with Crippen LogP contribution in [0.2, 0.25) is 0 Å². The number of aromatic nitrogens is 5. The quantitative estimate of drug-likeness (QED) is 0.561. The molecule has 0 saturated carbocycles. The molecular formula is C17H17N7O2S. The van der Waals surface area contributed by atoms with Crippen molar-refractivity contribution < 1.29 is 8.42 Å². The monoisotopic (exact) mass is 383 g/mol. The highest BCUT2D eigenvalue weighted by molar-refractivity contribution is 7.89. The van der Waals surface area contributed by atoms with E-state index in [1.807, 2.05) is 12.4 Å². The van der Waals surface area contributed by atoms with E-state index in [2.05, 4.69) is 21.0 Å². The molecule has 1 aliphatic heterocycles. The Morgan fingerprint density at radius 3 is 2.85 bits per heavy atom. The number of sulfonamides is 1. The number of hydrogen-bond donors (Lipinski definition) is 1. The summed E-state index contributed by atoms with van der Waals surface area (Å²) in [5.41, 5.74) is 3.86. The summed E-state index contributed by atoms with van der Waals surface area (Å²) in [6.45, 7) is 2.16. The maximum absolute atomic E-state index is 12.1. The molecule has 3 aromatic heterocycles. The van der Waals surface area contributed by atoms with Gasteiger partial charge in [0.05, 0.1) is 23.6 Å². The van der Waals surface area contributed by atoms with Crippen molar-refractivity contribution >= 4 is 21.1 Å². The van der Waals surface area contributed by atoms with Crippen molar-refractivity contribution in [1.82, 2.24) is 29.0 Å². The first kappa shape index (κ1) is 16.4. The summed E-state index contributed by atoms with van der Waals surface area (Å²) < 4.78 is 27.5. The Bertz CT molecular complexity index is 1210. The Hall–Kier alpha value is -2.77. The van der Waals surface area contributed by atoms with E-state index in [4.69, 9.17) is 5.10 Å². The molecule has 1 N–H and O–H groups in total. The molecule has 0 bridgehead atoms. The summed E-state index contributed by atoms with van der Waals surface area (Å²) in [4.78, 5) is 11.8. The fourth-order valence-electron chi connectivity index (χ4n) is 4.01. The van der Waals surface area contributed by atoms with Gasteiger partial charge in [0.15, 0.2) is 0 Å². The van der Waals surface area contributed by atoms with Crippen LogP contribution in [0, 0.1) is 11.3 Å². The molecule has 1 fully saturated rings. The van der Waals surface area contributed by atoms with Gasteiger partial charge in [0.2, 0.25) is 10.0 Å². The standard InChI is InChI=1S/C17H17N7O2S/c1-2-27(25,26)23-8-17(9-23,3-4-18)24-7-12-5-11-6-19-16-13(11)15(14(12)22-24)20-10-21-16/h6-7,10H,2-3,5,8-9H2,1H3,(H,19,20,21). The largest absolute Gasteiger partial charge is 0.346 e. The summed E-state index contributed by atoms with van der Waals surface area (Å²) >= 11 is 0. The Morgan fingerprint density at radius 1 is 1.30 bits per heavy atom. The number of aromatic amines is 1. The second-order valence-corrected chi connectivity index (χ2v) is 9.37. The van der Waals surface area contributed by atoms with E-state index < -0.39 is 15.6 Å². The van der Waals surface area contributed by atoms with Gasteiger partial charge in [-0.2, -0.15) is 14.7 Å². The highest BCUT2D eigenvalue weighted by Gasteiger charge is 2.50. The topological polar surface area (TPSA) is 121 Å². The molecule has 1 aliphatic carbocycles. The first-order valence-corrected chi connectivity index (χ1v) is 10.3. The average Bonchev–Trinajstić information content (AvgIpc) is 3.24. The number of fused-ring (bicyclic) bond motifs is 2. The molecule has 1 saturated heterocycles. The van der Waals surface area contributed by atoms with Gasteiger partial charge >= 0.3 is 0 Å². The average molecular weight is 383 g/mol. The first-order chi connectivity index (χ1) is 13.0. The maximum Gasteiger partial charge on any atom is 0.213 e. The van der Waals surface area contributed by atoms with Crippen molar-refractivity contribution in [3.8, 4) is 17.5 Å². The summed E-state index contributed by atoms with van der Waals surface area (Å²) in [6.07, 6.45) is 6.29. The van der Waals surface area contributed by atoms with Crippen molar-refractivity contribution in [2.45, 2.75) is 25.3 Å². The lowest BCUT2D eigenvalue weighted by molar-refractivity contribution is 0.0720. The van der Waals surface area contributed by atoms with Crippen LogP contribution in [0.25, 0.3) is 22.4 Å². The molecular weight excluding hydrogens is 366 g/mol. The SMILES string of the molecule is CCS(=O)(=O)N1CC(CC#N)(n2cc3c(n2)-c2ncnc4[nH]cc(c24)C3)C1. The fourth-order valence-corrected chi connectivity index (χ4v) is 5.25. The predicted molar refractivity (Wildman–Crippen MR) is 97.2 cm³/mol. The van der Waals surface area contributed by atoms with Gasteiger partial charge in [-0.15, -0.1) is 0 Å². The summed E-state index contributed by atoms with van der Waals surface area (Å²) in [7, 11) is -3.27. The van der Waals surface area contributed by atoms with E-state index in [9.17, 15) is 13.7 Å².